The van der Waals surface area contributed by atoms with E-state index in [0.29, 0.717) is 5.69 Å². The van der Waals surface area contributed by atoms with E-state index in [4.69, 9.17) is 16.5 Å². The van der Waals surface area contributed by atoms with Crippen LogP contribution in [0.2, 0.25) is 0 Å². The van der Waals surface area contributed by atoms with E-state index in [1.165, 1.54) is 12.6 Å². The summed E-state index contributed by atoms with van der Waals surface area (Å²) in [6.07, 6.45) is 4.58. The van der Waals surface area contributed by atoms with Crippen molar-refractivity contribution in [2.24, 2.45) is 16.5 Å². The summed E-state index contributed by atoms with van der Waals surface area (Å²) in [5, 5.41) is 5.31. The molecular weight excluding hydrogens is 524 g/mol. The molecule has 12 heteroatoms. The van der Waals surface area contributed by atoms with Crippen LogP contribution in [0, 0.1) is 11.6 Å². The summed E-state index contributed by atoms with van der Waals surface area (Å²) >= 11 is 1.59. The molecule has 1 aliphatic carbocycles. The average Bonchev–Trinajstić information content (AvgIpc) is 3.43. The summed E-state index contributed by atoms with van der Waals surface area (Å²) in [4.78, 5) is 36.0. The molecule has 6 N–H and O–H groups in total. The van der Waals surface area contributed by atoms with Crippen molar-refractivity contribution in [2.75, 3.05) is 5.32 Å². The minimum absolute atomic E-state index is 0.0340. The van der Waals surface area contributed by atoms with E-state index in [1.54, 1.807) is 23.5 Å². The fourth-order valence-corrected chi connectivity index (χ4v) is 5.90. The van der Waals surface area contributed by atoms with Gasteiger partial charge in [0.25, 0.3) is 0 Å². The Labute approximate surface area is 226 Å². The van der Waals surface area contributed by atoms with E-state index in [1.807, 2.05) is 18.3 Å². The van der Waals surface area contributed by atoms with Gasteiger partial charge in [-0.1, -0.05) is 23.5 Å². The molecule has 0 spiro atoms. The Morgan fingerprint density at radius 1 is 1.18 bits per heavy atom. The number of benzene rings is 2. The minimum Gasteiger partial charge on any atom is -0.370 e. The second-order valence-corrected chi connectivity index (χ2v) is 10.5. The van der Waals surface area contributed by atoms with Gasteiger partial charge in [0.1, 0.15) is 17.7 Å². The molecule has 4 aromatic rings. The molecule has 0 fully saturated rings. The second-order valence-electron chi connectivity index (χ2n) is 9.46. The number of nitrogens with zero attached hydrogens (tertiary/aromatic N) is 3. The van der Waals surface area contributed by atoms with Gasteiger partial charge < -0.3 is 22.1 Å². The number of aryl methyl sites for hydroxylation is 1. The third kappa shape index (κ3) is 5.90. The highest BCUT2D eigenvalue weighted by atomic mass is 32.1. The maximum Gasteiger partial charge on any atom is 0.246 e. The number of carbonyl (C=O) groups is 2. The first-order chi connectivity index (χ1) is 18.7. The predicted molar refractivity (Wildman–Crippen MR) is 146 cm³/mol. The van der Waals surface area contributed by atoms with Crippen LogP contribution >= 0.6 is 11.3 Å². The summed E-state index contributed by atoms with van der Waals surface area (Å²) in [7, 11) is 0. The van der Waals surface area contributed by atoms with E-state index in [2.05, 4.69) is 20.0 Å². The fraction of sp³-hybridized carbons (Fsp3) is 0.259. The van der Waals surface area contributed by atoms with Crippen LogP contribution in [0.5, 0.6) is 0 Å². The number of aromatic nitrogens is 2. The number of fused-ring (bicyclic) bond motifs is 3. The van der Waals surface area contributed by atoms with Gasteiger partial charge >= 0.3 is 0 Å². The zero-order chi connectivity index (χ0) is 27.7. The first-order valence-electron chi connectivity index (χ1n) is 12.4. The maximum atomic E-state index is 13.4. The number of nitrogens with one attached hydrogen (secondary N) is 2. The number of amides is 2. The van der Waals surface area contributed by atoms with Gasteiger partial charge in [-0.15, -0.1) is 0 Å². The molecule has 1 unspecified atom stereocenters. The van der Waals surface area contributed by atoms with Crippen molar-refractivity contribution < 1.29 is 18.4 Å². The molecule has 0 saturated carbocycles. The van der Waals surface area contributed by atoms with Crippen molar-refractivity contribution in [2.45, 2.75) is 44.7 Å². The standard InChI is InChI=1S/C27H27F2N7O2S/c1-14(32-23(37)11-15-9-17(28)12-18(29)10-15)25(38)33-19-7-5-16(6-8-19)21-13-36-22-4-2-3-20(34-26(30)31)24(22)39-27(36)35-21/h5-10,12-14,20H,2-4,11H2,1H3,(H,32,37)(H,33,38)(H4,30,31,34)/t14-,20?/m0/s1. The molecule has 0 aliphatic heterocycles. The third-order valence-corrected chi connectivity index (χ3v) is 7.65. The molecule has 2 aromatic heterocycles. The van der Waals surface area contributed by atoms with Crippen molar-refractivity contribution >= 4 is 39.8 Å². The number of aliphatic imine (C=N–C) groups is 1. The van der Waals surface area contributed by atoms with Gasteiger partial charge in [0.2, 0.25) is 11.8 Å². The van der Waals surface area contributed by atoms with Crippen LogP contribution in [0.3, 0.4) is 0 Å². The Hall–Kier alpha value is -4.32. The number of guanidine groups is 1. The van der Waals surface area contributed by atoms with Crippen molar-refractivity contribution in [1.82, 2.24) is 14.7 Å². The van der Waals surface area contributed by atoms with E-state index in [0.717, 1.165) is 58.6 Å². The summed E-state index contributed by atoms with van der Waals surface area (Å²) in [6.45, 7) is 1.53. The topological polar surface area (TPSA) is 140 Å². The van der Waals surface area contributed by atoms with Crippen LogP contribution in [0.4, 0.5) is 14.5 Å². The SMILES string of the molecule is C[C@H](NC(=O)Cc1cc(F)cc(F)c1)C(=O)Nc1ccc(-c2cn3c4c(sc3n2)C(N=C(N)N)CCC4)cc1. The van der Waals surface area contributed by atoms with E-state index in [-0.39, 0.29) is 24.0 Å². The number of carbonyl (C=O) groups excluding carboxylic acids is 2. The van der Waals surface area contributed by atoms with Gasteiger partial charge in [-0.25, -0.2) is 18.8 Å². The van der Waals surface area contributed by atoms with Crippen molar-refractivity contribution in [3.63, 3.8) is 0 Å². The highest BCUT2D eigenvalue weighted by Gasteiger charge is 2.26. The Morgan fingerprint density at radius 2 is 1.90 bits per heavy atom. The molecule has 0 bridgehead atoms. The quantitative estimate of drug-likeness (QED) is 0.205. The number of hydrogen-bond donors (Lipinski definition) is 4. The molecule has 39 heavy (non-hydrogen) atoms. The molecule has 2 amide bonds. The van der Waals surface area contributed by atoms with Crippen LogP contribution in [-0.4, -0.2) is 33.2 Å². The van der Waals surface area contributed by atoms with Crippen LogP contribution < -0.4 is 22.1 Å². The largest absolute Gasteiger partial charge is 0.370 e. The zero-order valence-corrected chi connectivity index (χ0v) is 21.9. The molecule has 0 radical (unpaired) electrons. The van der Waals surface area contributed by atoms with Crippen molar-refractivity contribution in [3.05, 3.63) is 76.4 Å². The number of hydrogen-bond acceptors (Lipinski definition) is 5. The lowest BCUT2D eigenvalue weighted by molar-refractivity contribution is -0.125. The van der Waals surface area contributed by atoms with E-state index >= 15 is 0 Å². The van der Waals surface area contributed by atoms with Crippen molar-refractivity contribution in [1.29, 1.82) is 0 Å². The lowest BCUT2D eigenvalue weighted by Crippen LogP contribution is -2.42. The first kappa shape index (κ1) is 26.3. The fourth-order valence-electron chi connectivity index (χ4n) is 4.68. The number of anilines is 1. The van der Waals surface area contributed by atoms with Crippen molar-refractivity contribution in [3.8, 4) is 11.3 Å². The van der Waals surface area contributed by atoms with Crippen LogP contribution in [-0.2, 0) is 22.4 Å². The molecule has 9 nitrogen and oxygen atoms in total. The lowest BCUT2D eigenvalue weighted by Gasteiger charge is -2.18. The molecule has 2 heterocycles. The van der Waals surface area contributed by atoms with Gasteiger partial charge in [-0.3, -0.25) is 14.0 Å². The molecule has 0 saturated heterocycles. The highest BCUT2D eigenvalue weighted by Crippen LogP contribution is 2.39. The van der Waals surface area contributed by atoms with Gasteiger partial charge in [-0.2, -0.15) is 0 Å². The second kappa shape index (κ2) is 10.8. The van der Waals surface area contributed by atoms with Crippen LogP contribution in [0.15, 0.2) is 53.7 Å². The zero-order valence-electron chi connectivity index (χ0n) is 21.1. The smallest absolute Gasteiger partial charge is 0.246 e. The minimum atomic E-state index is -0.857. The number of rotatable bonds is 7. The first-order valence-corrected chi connectivity index (χ1v) is 13.2. The Kier molecular flexibility index (Phi) is 7.29. The summed E-state index contributed by atoms with van der Waals surface area (Å²) in [5.41, 5.74) is 14.8. The maximum absolute atomic E-state index is 13.4. The number of imidazole rings is 1. The summed E-state index contributed by atoms with van der Waals surface area (Å²) in [5.74, 6) is -2.39. The molecule has 5 rings (SSSR count). The van der Waals surface area contributed by atoms with Gasteiger partial charge in [0.15, 0.2) is 10.9 Å². The molecule has 1 aliphatic rings. The van der Waals surface area contributed by atoms with Crippen LogP contribution in [0.25, 0.3) is 16.2 Å². The molecule has 202 valence electrons. The van der Waals surface area contributed by atoms with E-state index < -0.39 is 29.5 Å². The summed E-state index contributed by atoms with van der Waals surface area (Å²) < 4.78 is 28.8. The Morgan fingerprint density at radius 3 is 2.59 bits per heavy atom. The Bertz CT molecular complexity index is 1550. The molecule has 2 aromatic carbocycles. The monoisotopic (exact) mass is 551 g/mol. The van der Waals surface area contributed by atoms with Gasteiger partial charge in [0, 0.05) is 29.2 Å². The third-order valence-electron chi connectivity index (χ3n) is 6.45. The molecular formula is C27H27F2N7O2S. The lowest BCUT2D eigenvalue weighted by atomic mass is 9.98. The number of thiazole rings is 1. The summed E-state index contributed by atoms with van der Waals surface area (Å²) in [6, 6.07) is 9.24. The van der Waals surface area contributed by atoms with Gasteiger partial charge in [-0.05, 0) is 56.0 Å². The Balaban J connectivity index is 1.22. The highest BCUT2D eigenvalue weighted by molar-refractivity contribution is 7.17. The van der Waals surface area contributed by atoms with E-state index in [9.17, 15) is 18.4 Å². The van der Waals surface area contributed by atoms with Crippen LogP contribution in [0.1, 0.15) is 41.9 Å². The van der Waals surface area contributed by atoms with Gasteiger partial charge in [0.05, 0.1) is 23.0 Å². The average molecular weight is 552 g/mol. The number of halogens is 2. The predicted octanol–water partition coefficient (Wildman–Crippen LogP) is 3.68. The molecule has 2 atom stereocenters. The number of nitrogens with two attached hydrogens (primary N) is 2. The normalized spacial score (nSPS) is 15.4.